The highest BCUT2D eigenvalue weighted by Gasteiger charge is 2.34. The number of ether oxygens (including phenoxy) is 2. The van der Waals surface area contributed by atoms with Gasteiger partial charge in [-0.25, -0.2) is 0 Å². The number of rotatable bonds is 5. The number of hydrogen-bond donors (Lipinski definition) is 2. The molecule has 3 rings (SSSR count). The van der Waals surface area contributed by atoms with Crippen LogP contribution in [-0.2, 0) is 4.79 Å². The van der Waals surface area contributed by atoms with Gasteiger partial charge in [-0.15, -0.1) is 0 Å². The molecule has 2 fully saturated rings. The molecule has 2 unspecified atom stereocenters. The number of carboxylic acid groups (broad SMARTS) is 1. The molecule has 1 aromatic rings. The Kier molecular flexibility index (Phi) is 4.66. The van der Waals surface area contributed by atoms with Crippen molar-refractivity contribution in [2.45, 2.75) is 18.6 Å². The van der Waals surface area contributed by atoms with Crippen molar-refractivity contribution in [1.29, 1.82) is 0 Å². The number of nitrogens with one attached hydrogen (secondary N) is 1. The molecule has 126 valence electrons. The van der Waals surface area contributed by atoms with Crippen LogP contribution in [0.5, 0.6) is 11.5 Å². The Morgan fingerprint density at radius 2 is 2.17 bits per heavy atom. The zero-order valence-electron chi connectivity index (χ0n) is 13.2. The molecule has 0 bridgehead atoms. The minimum Gasteiger partial charge on any atom is -0.493 e. The third kappa shape index (κ3) is 3.39. The molecule has 0 aromatic heterocycles. The summed E-state index contributed by atoms with van der Waals surface area (Å²) in [6, 6.07) is 3.47. The lowest BCUT2D eigenvalue weighted by Gasteiger charge is -2.37. The zero-order valence-corrected chi connectivity index (χ0v) is 14.0. The second-order valence-corrected chi connectivity index (χ2v) is 6.66. The van der Waals surface area contributed by atoms with E-state index in [-0.39, 0.29) is 12.1 Å². The molecule has 0 aliphatic carbocycles. The maximum atomic E-state index is 11.2. The average molecular weight is 341 g/mol. The van der Waals surface area contributed by atoms with E-state index in [1.54, 1.807) is 13.2 Å². The molecule has 1 aromatic carbocycles. The highest BCUT2D eigenvalue weighted by Crippen LogP contribution is 2.42. The number of carbonyl (C=O) groups is 1. The third-order valence-corrected chi connectivity index (χ3v) is 4.66. The first-order chi connectivity index (χ1) is 11.0. The predicted octanol–water partition coefficient (Wildman–Crippen LogP) is 1.78. The van der Waals surface area contributed by atoms with Gasteiger partial charge in [0.25, 0.3) is 0 Å². The van der Waals surface area contributed by atoms with E-state index >= 15 is 0 Å². The molecule has 0 amide bonds. The Hall–Kier alpha value is -1.50. The SMILES string of the molecule is COc1cc(Cl)cc(C2CC(C(=O)O)CN2)c1OC1CN(C)C1. The van der Waals surface area contributed by atoms with Crippen molar-refractivity contribution < 1.29 is 19.4 Å². The van der Waals surface area contributed by atoms with Crippen molar-refractivity contribution in [2.24, 2.45) is 5.92 Å². The summed E-state index contributed by atoms with van der Waals surface area (Å²) in [4.78, 5) is 13.4. The number of methoxy groups -OCH3 is 1. The zero-order chi connectivity index (χ0) is 16.6. The minimum atomic E-state index is -0.780. The van der Waals surface area contributed by atoms with Gasteiger partial charge in [0.15, 0.2) is 11.5 Å². The Balaban J connectivity index is 1.88. The van der Waals surface area contributed by atoms with Gasteiger partial charge in [0.1, 0.15) is 6.10 Å². The standard InChI is InChI=1S/C16H21ClN2O4/c1-19-7-11(8-19)23-15-12(4-10(17)5-14(15)22-2)13-3-9(6-18-13)16(20)21/h4-5,9,11,13,18H,3,6-8H2,1-2H3,(H,20,21). The lowest BCUT2D eigenvalue weighted by atomic mass is 9.98. The number of likely N-dealkylation sites (tertiary alicyclic amines) is 1. The molecule has 23 heavy (non-hydrogen) atoms. The monoisotopic (exact) mass is 340 g/mol. The molecule has 2 aliphatic rings. The molecule has 2 atom stereocenters. The first-order valence-electron chi connectivity index (χ1n) is 7.66. The van der Waals surface area contributed by atoms with Crippen molar-refractivity contribution in [3.8, 4) is 11.5 Å². The third-order valence-electron chi connectivity index (χ3n) is 4.44. The Labute approximate surface area is 140 Å². The molecule has 7 heteroatoms. The number of benzene rings is 1. The highest BCUT2D eigenvalue weighted by atomic mass is 35.5. The first-order valence-corrected chi connectivity index (χ1v) is 8.04. The summed E-state index contributed by atoms with van der Waals surface area (Å²) in [7, 11) is 3.62. The molecule has 2 saturated heterocycles. The van der Waals surface area contributed by atoms with Crippen LogP contribution in [0, 0.1) is 5.92 Å². The van der Waals surface area contributed by atoms with Gasteiger partial charge in [0, 0.05) is 42.3 Å². The molecule has 2 heterocycles. The number of halogens is 1. The molecule has 6 nitrogen and oxygen atoms in total. The van der Waals surface area contributed by atoms with Gasteiger partial charge in [0.05, 0.1) is 13.0 Å². The fourth-order valence-electron chi connectivity index (χ4n) is 3.17. The highest BCUT2D eigenvalue weighted by molar-refractivity contribution is 6.30. The summed E-state index contributed by atoms with van der Waals surface area (Å²) in [5, 5.41) is 13.0. The summed E-state index contributed by atoms with van der Waals surface area (Å²) in [5.41, 5.74) is 0.868. The molecular weight excluding hydrogens is 320 g/mol. The van der Waals surface area contributed by atoms with Gasteiger partial charge in [-0.2, -0.15) is 0 Å². The van der Waals surface area contributed by atoms with Gasteiger partial charge in [-0.05, 0) is 19.5 Å². The van der Waals surface area contributed by atoms with E-state index in [4.69, 9.17) is 21.1 Å². The Bertz CT molecular complexity index is 604. The summed E-state index contributed by atoms with van der Waals surface area (Å²) < 4.78 is 11.6. The normalized spacial score (nSPS) is 25.2. The van der Waals surface area contributed by atoms with Crippen LogP contribution < -0.4 is 14.8 Å². The van der Waals surface area contributed by atoms with Gasteiger partial charge in [-0.3, -0.25) is 9.69 Å². The molecule has 0 saturated carbocycles. The summed E-state index contributed by atoms with van der Waals surface area (Å²) >= 11 is 6.20. The van der Waals surface area contributed by atoms with Gasteiger partial charge in [-0.1, -0.05) is 11.6 Å². The van der Waals surface area contributed by atoms with Crippen molar-refractivity contribution >= 4 is 17.6 Å². The van der Waals surface area contributed by atoms with Gasteiger partial charge >= 0.3 is 5.97 Å². The van der Waals surface area contributed by atoms with E-state index in [9.17, 15) is 9.90 Å². The van der Waals surface area contributed by atoms with E-state index in [0.717, 1.165) is 18.7 Å². The van der Waals surface area contributed by atoms with Crippen molar-refractivity contribution in [1.82, 2.24) is 10.2 Å². The summed E-state index contributed by atoms with van der Waals surface area (Å²) in [5.74, 6) is 0.0749. The first kappa shape index (κ1) is 16.4. The van der Waals surface area contributed by atoms with Crippen LogP contribution in [0.15, 0.2) is 12.1 Å². The number of nitrogens with zero attached hydrogens (tertiary/aromatic N) is 1. The maximum absolute atomic E-state index is 11.2. The average Bonchev–Trinajstić information content (AvgIpc) is 2.96. The molecule has 0 spiro atoms. The van der Waals surface area contributed by atoms with Crippen LogP contribution in [0.2, 0.25) is 5.02 Å². The predicted molar refractivity (Wildman–Crippen MR) is 86.4 cm³/mol. The van der Waals surface area contributed by atoms with Crippen molar-refractivity contribution in [2.75, 3.05) is 33.8 Å². The van der Waals surface area contributed by atoms with E-state index < -0.39 is 11.9 Å². The second kappa shape index (κ2) is 6.55. The van der Waals surface area contributed by atoms with E-state index in [1.807, 2.05) is 13.1 Å². The topological polar surface area (TPSA) is 71.0 Å². The van der Waals surface area contributed by atoms with Crippen LogP contribution in [0.3, 0.4) is 0 Å². The number of likely N-dealkylation sites (N-methyl/N-ethyl adjacent to an activating group) is 1. The Morgan fingerprint density at radius 3 is 2.74 bits per heavy atom. The summed E-state index contributed by atoms with van der Waals surface area (Å²) in [6.45, 7) is 2.17. The van der Waals surface area contributed by atoms with Crippen LogP contribution in [0.25, 0.3) is 0 Å². The van der Waals surface area contributed by atoms with E-state index in [2.05, 4.69) is 10.2 Å². The molecule has 2 N–H and O–H groups in total. The quantitative estimate of drug-likeness (QED) is 0.851. The van der Waals surface area contributed by atoms with Gasteiger partial charge in [0.2, 0.25) is 0 Å². The Morgan fingerprint density at radius 1 is 1.43 bits per heavy atom. The number of aliphatic carboxylic acids is 1. The van der Waals surface area contributed by atoms with Gasteiger partial charge < -0.3 is 19.9 Å². The van der Waals surface area contributed by atoms with Crippen LogP contribution >= 0.6 is 11.6 Å². The largest absolute Gasteiger partial charge is 0.493 e. The smallest absolute Gasteiger partial charge is 0.307 e. The summed E-state index contributed by atoms with van der Waals surface area (Å²) in [6.07, 6.45) is 0.630. The fraction of sp³-hybridized carbons (Fsp3) is 0.562. The number of hydrogen-bond acceptors (Lipinski definition) is 5. The lowest BCUT2D eigenvalue weighted by molar-refractivity contribution is -0.141. The maximum Gasteiger partial charge on any atom is 0.307 e. The minimum absolute atomic E-state index is 0.100. The second-order valence-electron chi connectivity index (χ2n) is 6.22. The van der Waals surface area contributed by atoms with Crippen molar-refractivity contribution in [3.63, 3.8) is 0 Å². The number of carboxylic acids is 1. The molecule has 2 aliphatic heterocycles. The fourth-order valence-corrected chi connectivity index (χ4v) is 3.39. The molecule has 0 radical (unpaired) electrons. The van der Waals surface area contributed by atoms with Crippen LogP contribution in [0.1, 0.15) is 18.0 Å². The van der Waals surface area contributed by atoms with E-state index in [1.165, 1.54) is 0 Å². The van der Waals surface area contributed by atoms with E-state index in [0.29, 0.717) is 29.5 Å². The van der Waals surface area contributed by atoms with Crippen molar-refractivity contribution in [3.05, 3.63) is 22.7 Å². The van der Waals surface area contributed by atoms with Crippen LogP contribution in [-0.4, -0.2) is 55.9 Å². The lowest BCUT2D eigenvalue weighted by Crippen LogP contribution is -2.51. The molecular formula is C16H21ClN2O4. The van der Waals surface area contributed by atoms with Crippen LogP contribution in [0.4, 0.5) is 0 Å².